The number of hydrogen-bond donors (Lipinski definition) is 0. The second-order valence-electron chi connectivity index (χ2n) is 6.24. The van der Waals surface area contributed by atoms with E-state index in [1.54, 1.807) is 36.9 Å². The number of methoxy groups -OCH3 is 1. The van der Waals surface area contributed by atoms with Crippen LogP contribution in [0.3, 0.4) is 0 Å². The number of halogens is 1. The Morgan fingerprint density at radius 1 is 1.30 bits per heavy atom. The molecule has 0 fully saturated rings. The minimum atomic E-state index is 0.00235. The minimum Gasteiger partial charge on any atom is -0.496 e. The minimum absolute atomic E-state index is 0.00235. The first-order valence-corrected chi connectivity index (χ1v) is 10.3. The fraction of sp³-hybridized carbons (Fsp3) is 0.300. The highest BCUT2D eigenvalue weighted by molar-refractivity contribution is 7.97. The normalized spacial score (nSPS) is 11.0. The number of amides is 1. The van der Waals surface area contributed by atoms with E-state index in [2.05, 4.69) is 4.98 Å². The highest BCUT2D eigenvalue weighted by Gasteiger charge is 2.17. The molecule has 0 atom stereocenters. The number of imidazole rings is 1. The molecule has 0 aliphatic rings. The van der Waals surface area contributed by atoms with Crippen molar-refractivity contribution in [1.29, 1.82) is 0 Å². The number of fused-ring (bicyclic) bond motifs is 1. The van der Waals surface area contributed by atoms with E-state index in [0.717, 1.165) is 33.9 Å². The van der Waals surface area contributed by atoms with Gasteiger partial charge in [-0.25, -0.2) is 4.98 Å². The second kappa shape index (κ2) is 8.67. The summed E-state index contributed by atoms with van der Waals surface area (Å²) >= 11 is 7.79. The summed E-state index contributed by atoms with van der Waals surface area (Å²) in [6, 6.07) is 13.3. The van der Waals surface area contributed by atoms with Gasteiger partial charge in [0.25, 0.3) is 0 Å². The molecule has 1 amide bonds. The lowest BCUT2D eigenvalue weighted by atomic mass is 10.2. The molecule has 1 heterocycles. The highest BCUT2D eigenvalue weighted by Crippen LogP contribution is 2.24. The van der Waals surface area contributed by atoms with Crippen molar-refractivity contribution < 1.29 is 9.53 Å². The number of likely N-dealkylation sites (N-methyl/N-ethyl adjacent to an activating group) is 1. The van der Waals surface area contributed by atoms with Crippen LogP contribution in [-0.2, 0) is 23.6 Å². The zero-order valence-corrected chi connectivity index (χ0v) is 17.2. The molecule has 0 aliphatic carbocycles. The second-order valence-corrected chi connectivity index (χ2v) is 7.54. The van der Waals surface area contributed by atoms with Crippen molar-refractivity contribution in [2.75, 3.05) is 20.4 Å². The Balaban J connectivity index is 1.82. The topological polar surface area (TPSA) is 47.4 Å². The van der Waals surface area contributed by atoms with Crippen LogP contribution in [-0.4, -0.2) is 40.8 Å². The molecule has 7 heteroatoms. The molecule has 1 aromatic heterocycles. The van der Waals surface area contributed by atoms with E-state index in [4.69, 9.17) is 16.3 Å². The fourth-order valence-corrected chi connectivity index (χ4v) is 3.68. The molecule has 142 valence electrons. The summed E-state index contributed by atoms with van der Waals surface area (Å²) in [6.07, 6.45) is 2.03. The van der Waals surface area contributed by atoms with E-state index < -0.39 is 0 Å². The van der Waals surface area contributed by atoms with Gasteiger partial charge in [-0.3, -0.25) is 4.79 Å². The third-order valence-corrected chi connectivity index (χ3v) is 5.16. The lowest BCUT2D eigenvalue weighted by Gasteiger charge is -2.20. The number of thioether (sulfide) groups is 1. The van der Waals surface area contributed by atoms with Crippen molar-refractivity contribution in [2.24, 2.45) is 0 Å². The van der Waals surface area contributed by atoms with Crippen LogP contribution in [0.2, 0.25) is 5.02 Å². The summed E-state index contributed by atoms with van der Waals surface area (Å²) in [5.41, 5.74) is 2.76. The molecule has 27 heavy (non-hydrogen) atoms. The molecule has 0 aliphatic heterocycles. The number of hydrogen-bond acceptors (Lipinski definition) is 4. The van der Waals surface area contributed by atoms with Gasteiger partial charge in [-0.2, -0.15) is 11.8 Å². The first kappa shape index (κ1) is 19.6. The number of para-hydroxylation sites is 2. The summed E-state index contributed by atoms with van der Waals surface area (Å²) in [4.78, 5) is 19.3. The Hall–Kier alpha value is -2.18. The monoisotopic (exact) mass is 403 g/mol. The van der Waals surface area contributed by atoms with Crippen molar-refractivity contribution in [1.82, 2.24) is 14.5 Å². The summed E-state index contributed by atoms with van der Waals surface area (Å²) in [5.74, 6) is 2.39. The number of aromatic nitrogens is 2. The molecular weight excluding hydrogens is 382 g/mol. The average molecular weight is 404 g/mol. The Kier molecular flexibility index (Phi) is 6.29. The first-order chi connectivity index (χ1) is 13.0. The van der Waals surface area contributed by atoms with E-state index in [-0.39, 0.29) is 12.5 Å². The standard InChI is InChI=1S/C20H22ClN3O2S/c1-23(11-14-10-15(21)8-9-18(14)26-2)20(25)12-24-17-7-5-4-6-16(17)22-19(24)13-27-3/h4-10H,11-13H2,1-3H3. The molecule has 0 bridgehead atoms. The van der Waals surface area contributed by atoms with Gasteiger partial charge in [0.15, 0.2) is 0 Å². The zero-order valence-electron chi connectivity index (χ0n) is 15.6. The van der Waals surface area contributed by atoms with Crippen LogP contribution in [0.5, 0.6) is 5.75 Å². The molecule has 0 radical (unpaired) electrons. The predicted molar refractivity (Wildman–Crippen MR) is 111 cm³/mol. The molecular formula is C20H22ClN3O2S. The summed E-state index contributed by atoms with van der Waals surface area (Å²) in [7, 11) is 3.40. The number of benzene rings is 2. The quantitative estimate of drug-likeness (QED) is 0.592. The average Bonchev–Trinajstić information content (AvgIpc) is 2.99. The molecule has 0 unspecified atom stereocenters. The maximum absolute atomic E-state index is 12.9. The molecule has 3 rings (SSSR count). The van der Waals surface area contributed by atoms with Crippen LogP contribution in [0, 0.1) is 0 Å². The molecule has 2 aromatic carbocycles. The van der Waals surface area contributed by atoms with Gasteiger partial charge in [0.1, 0.15) is 18.1 Å². The number of carbonyl (C=O) groups is 1. The smallest absolute Gasteiger partial charge is 0.242 e. The molecule has 0 saturated heterocycles. The van der Waals surface area contributed by atoms with Gasteiger partial charge < -0.3 is 14.2 Å². The first-order valence-electron chi connectivity index (χ1n) is 8.53. The number of ether oxygens (including phenoxy) is 1. The highest BCUT2D eigenvalue weighted by atomic mass is 35.5. The molecule has 0 N–H and O–H groups in total. The van der Waals surface area contributed by atoms with Crippen molar-refractivity contribution >= 4 is 40.3 Å². The van der Waals surface area contributed by atoms with Crippen LogP contribution in [0.1, 0.15) is 11.4 Å². The van der Waals surface area contributed by atoms with Crippen LogP contribution in [0.25, 0.3) is 11.0 Å². The Morgan fingerprint density at radius 2 is 2.07 bits per heavy atom. The molecule has 5 nitrogen and oxygen atoms in total. The van der Waals surface area contributed by atoms with Crippen LogP contribution in [0.4, 0.5) is 0 Å². The predicted octanol–water partition coefficient (Wildman–Crippen LogP) is 4.22. The Bertz CT molecular complexity index is 958. The van der Waals surface area contributed by atoms with E-state index in [1.807, 2.05) is 47.2 Å². The van der Waals surface area contributed by atoms with Gasteiger partial charge in [0.05, 0.1) is 23.9 Å². The van der Waals surface area contributed by atoms with Crippen LogP contribution in [0.15, 0.2) is 42.5 Å². The largest absolute Gasteiger partial charge is 0.496 e. The number of rotatable bonds is 7. The number of nitrogens with zero attached hydrogens (tertiary/aromatic N) is 3. The lowest BCUT2D eigenvalue weighted by molar-refractivity contribution is -0.131. The van der Waals surface area contributed by atoms with Crippen molar-refractivity contribution in [3.05, 3.63) is 58.9 Å². The van der Waals surface area contributed by atoms with E-state index in [0.29, 0.717) is 11.6 Å². The Morgan fingerprint density at radius 3 is 2.81 bits per heavy atom. The van der Waals surface area contributed by atoms with Crippen molar-refractivity contribution in [3.8, 4) is 5.75 Å². The summed E-state index contributed by atoms with van der Waals surface area (Å²) < 4.78 is 7.38. The summed E-state index contributed by atoms with van der Waals surface area (Å²) in [5, 5.41) is 0.620. The maximum atomic E-state index is 12.9. The van der Waals surface area contributed by atoms with Crippen LogP contribution >= 0.6 is 23.4 Å². The molecule has 0 spiro atoms. The SMILES string of the molecule is COc1ccc(Cl)cc1CN(C)C(=O)Cn1c(CSC)nc2ccccc21. The third kappa shape index (κ3) is 4.39. The van der Waals surface area contributed by atoms with Crippen LogP contribution < -0.4 is 4.74 Å². The van der Waals surface area contributed by atoms with Gasteiger partial charge in [-0.05, 0) is 36.6 Å². The van der Waals surface area contributed by atoms with E-state index >= 15 is 0 Å². The zero-order chi connectivity index (χ0) is 19.4. The van der Waals surface area contributed by atoms with Gasteiger partial charge in [-0.1, -0.05) is 23.7 Å². The third-order valence-electron chi connectivity index (χ3n) is 4.38. The number of carbonyl (C=O) groups excluding carboxylic acids is 1. The van der Waals surface area contributed by atoms with Gasteiger partial charge in [0.2, 0.25) is 5.91 Å². The van der Waals surface area contributed by atoms with Gasteiger partial charge in [-0.15, -0.1) is 0 Å². The van der Waals surface area contributed by atoms with Gasteiger partial charge >= 0.3 is 0 Å². The molecule has 0 saturated carbocycles. The van der Waals surface area contributed by atoms with Gasteiger partial charge in [0, 0.05) is 24.2 Å². The molecule has 3 aromatic rings. The summed E-state index contributed by atoms with van der Waals surface area (Å²) in [6.45, 7) is 0.669. The van der Waals surface area contributed by atoms with E-state index in [9.17, 15) is 4.79 Å². The van der Waals surface area contributed by atoms with E-state index in [1.165, 1.54) is 0 Å². The lowest BCUT2D eigenvalue weighted by Crippen LogP contribution is -2.30. The maximum Gasteiger partial charge on any atom is 0.242 e. The van der Waals surface area contributed by atoms with Crippen molar-refractivity contribution in [3.63, 3.8) is 0 Å². The Labute approximate surface area is 168 Å². The fourth-order valence-electron chi connectivity index (χ4n) is 3.01. The van der Waals surface area contributed by atoms with Crippen molar-refractivity contribution in [2.45, 2.75) is 18.8 Å².